The van der Waals surface area contributed by atoms with Gasteiger partial charge >= 0.3 is 0 Å². The van der Waals surface area contributed by atoms with Gasteiger partial charge in [0.05, 0.1) is 0 Å². The van der Waals surface area contributed by atoms with E-state index < -0.39 is 0 Å². The highest BCUT2D eigenvalue weighted by atomic mass is 15.0. The summed E-state index contributed by atoms with van der Waals surface area (Å²) < 4.78 is 2.10. The van der Waals surface area contributed by atoms with Crippen LogP contribution in [0.2, 0.25) is 0 Å². The van der Waals surface area contributed by atoms with Crippen molar-refractivity contribution in [1.29, 1.82) is 0 Å². The molecule has 0 bridgehead atoms. The Morgan fingerprint density at radius 2 is 2.23 bits per heavy atom. The Morgan fingerprint density at radius 1 is 1.38 bits per heavy atom. The smallest absolute Gasteiger partial charge is 0.137 e. The Kier molecular flexibility index (Phi) is 1.20. The lowest BCUT2D eigenvalue weighted by molar-refractivity contribution is 0.985. The zero-order valence-corrected chi connectivity index (χ0v) is 7.27. The number of nitrogens with two attached hydrogens (primary N) is 1. The molecule has 1 saturated carbocycles. The van der Waals surface area contributed by atoms with Crippen LogP contribution in [0.5, 0.6) is 0 Å². The summed E-state index contributed by atoms with van der Waals surface area (Å²) >= 11 is 0. The van der Waals surface area contributed by atoms with Gasteiger partial charge in [-0.2, -0.15) is 0 Å². The minimum absolute atomic E-state index is 0.719. The monoisotopic (exact) mass is 173 g/mol. The van der Waals surface area contributed by atoms with Crippen molar-refractivity contribution in [3.05, 3.63) is 30.2 Å². The lowest BCUT2D eigenvalue weighted by Gasteiger charge is -1.99. The predicted molar refractivity (Wildman–Crippen MR) is 51.6 cm³/mol. The van der Waals surface area contributed by atoms with Gasteiger partial charge in [0.1, 0.15) is 5.65 Å². The summed E-state index contributed by atoms with van der Waals surface area (Å²) in [4.78, 5) is 4.33. The molecular formula is C10H11N3. The van der Waals surface area contributed by atoms with E-state index in [-0.39, 0.29) is 0 Å². The number of nitrogens with zero attached hydrogens (tertiary/aromatic N) is 2. The molecule has 0 amide bonds. The van der Waals surface area contributed by atoms with Gasteiger partial charge in [0, 0.05) is 29.7 Å². The number of rotatable bonds is 1. The maximum Gasteiger partial charge on any atom is 0.137 e. The van der Waals surface area contributed by atoms with Gasteiger partial charge in [-0.25, -0.2) is 4.98 Å². The molecule has 3 rings (SSSR count). The molecular weight excluding hydrogens is 162 g/mol. The Labute approximate surface area is 76.2 Å². The topological polar surface area (TPSA) is 43.3 Å². The second-order valence-electron chi connectivity index (χ2n) is 3.65. The number of hydrogen-bond acceptors (Lipinski definition) is 2. The van der Waals surface area contributed by atoms with Gasteiger partial charge < -0.3 is 10.1 Å². The van der Waals surface area contributed by atoms with Crippen LogP contribution in [-0.4, -0.2) is 9.38 Å². The lowest BCUT2D eigenvalue weighted by Crippen LogP contribution is -1.93. The van der Waals surface area contributed by atoms with Crippen LogP contribution >= 0.6 is 0 Å². The van der Waals surface area contributed by atoms with E-state index in [0.29, 0.717) is 0 Å². The fourth-order valence-corrected chi connectivity index (χ4v) is 1.70. The number of pyridine rings is 1. The van der Waals surface area contributed by atoms with Gasteiger partial charge in [0.25, 0.3) is 0 Å². The molecule has 0 aliphatic heterocycles. The molecule has 1 aliphatic carbocycles. The highest BCUT2D eigenvalue weighted by Crippen LogP contribution is 2.40. The number of nitrogen functional groups attached to an aromatic ring is 1. The number of imidazole rings is 1. The van der Waals surface area contributed by atoms with Crippen LogP contribution in [0.3, 0.4) is 0 Å². The third-order valence-electron chi connectivity index (χ3n) is 2.55. The maximum absolute atomic E-state index is 5.72. The zero-order valence-electron chi connectivity index (χ0n) is 7.27. The van der Waals surface area contributed by atoms with Gasteiger partial charge in [-0.15, -0.1) is 0 Å². The fourth-order valence-electron chi connectivity index (χ4n) is 1.70. The molecule has 2 heterocycles. The molecule has 0 atom stereocenters. The molecule has 3 nitrogen and oxygen atoms in total. The summed E-state index contributed by atoms with van der Waals surface area (Å²) in [6.07, 6.45) is 6.51. The molecule has 2 N–H and O–H groups in total. The average Bonchev–Trinajstić information content (AvgIpc) is 2.87. The normalized spacial score (nSPS) is 16.6. The Morgan fingerprint density at radius 3 is 3.00 bits per heavy atom. The first kappa shape index (κ1) is 6.95. The van der Waals surface area contributed by atoms with Crippen LogP contribution < -0.4 is 5.73 Å². The van der Waals surface area contributed by atoms with Crippen molar-refractivity contribution in [1.82, 2.24) is 9.38 Å². The van der Waals surface area contributed by atoms with Crippen LogP contribution in [0, 0.1) is 0 Å². The molecule has 1 aliphatic rings. The van der Waals surface area contributed by atoms with Crippen molar-refractivity contribution in [3.63, 3.8) is 0 Å². The minimum atomic E-state index is 0.719. The van der Waals surface area contributed by atoms with Crippen LogP contribution in [0.4, 0.5) is 5.69 Å². The van der Waals surface area contributed by atoms with Crippen molar-refractivity contribution in [3.8, 4) is 0 Å². The van der Waals surface area contributed by atoms with E-state index in [4.69, 9.17) is 5.73 Å². The summed E-state index contributed by atoms with van der Waals surface area (Å²) in [5, 5.41) is 0. The van der Waals surface area contributed by atoms with E-state index in [0.717, 1.165) is 17.3 Å². The third-order valence-corrected chi connectivity index (χ3v) is 2.55. The Hall–Kier alpha value is -1.51. The quantitative estimate of drug-likeness (QED) is 0.714. The first-order valence-electron chi connectivity index (χ1n) is 4.57. The third kappa shape index (κ3) is 1.00. The maximum atomic E-state index is 5.72. The van der Waals surface area contributed by atoms with E-state index in [2.05, 4.69) is 9.38 Å². The van der Waals surface area contributed by atoms with Crippen molar-refractivity contribution in [2.45, 2.75) is 18.8 Å². The van der Waals surface area contributed by atoms with E-state index in [1.54, 1.807) is 0 Å². The molecule has 2 aromatic heterocycles. The Bertz CT molecular complexity index is 454. The van der Waals surface area contributed by atoms with Crippen molar-refractivity contribution >= 4 is 11.3 Å². The molecule has 1 fully saturated rings. The summed E-state index contributed by atoms with van der Waals surface area (Å²) in [6, 6.07) is 3.85. The first-order valence-corrected chi connectivity index (χ1v) is 4.57. The summed E-state index contributed by atoms with van der Waals surface area (Å²) in [6.45, 7) is 0. The van der Waals surface area contributed by atoms with Gasteiger partial charge in [-0.3, -0.25) is 0 Å². The second-order valence-corrected chi connectivity index (χ2v) is 3.65. The van der Waals surface area contributed by atoms with Gasteiger partial charge in [-0.1, -0.05) is 0 Å². The Balaban J connectivity index is 2.29. The molecule has 0 radical (unpaired) electrons. The number of fused-ring (bicyclic) bond motifs is 1. The average molecular weight is 173 g/mol. The van der Waals surface area contributed by atoms with Crippen LogP contribution in [0.1, 0.15) is 24.5 Å². The van der Waals surface area contributed by atoms with Gasteiger partial charge in [-0.05, 0) is 25.0 Å². The molecule has 13 heavy (non-hydrogen) atoms. The molecule has 2 aromatic rings. The SMILES string of the molecule is Nc1ccc2ncc(C3CC3)n2c1. The molecule has 0 aromatic carbocycles. The summed E-state index contributed by atoms with van der Waals surface area (Å²) in [7, 11) is 0. The summed E-state index contributed by atoms with van der Waals surface area (Å²) in [5.74, 6) is 0.719. The highest BCUT2D eigenvalue weighted by molar-refractivity contribution is 5.49. The molecule has 3 heteroatoms. The zero-order chi connectivity index (χ0) is 8.84. The standard InChI is InChI=1S/C10H11N3/c11-8-3-4-10-12-5-9(7-1-2-7)13(10)6-8/h3-7H,1-2,11H2. The van der Waals surface area contributed by atoms with Crippen LogP contribution in [0.15, 0.2) is 24.5 Å². The number of anilines is 1. The largest absolute Gasteiger partial charge is 0.398 e. The van der Waals surface area contributed by atoms with Crippen LogP contribution in [-0.2, 0) is 0 Å². The highest BCUT2D eigenvalue weighted by Gasteiger charge is 2.26. The number of hydrogen-bond donors (Lipinski definition) is 1. The van der Waals surface area contributed by atoms with E-state index >= 15 is 0 Å². The van der Waals surface area contributed by atoms with Crippen molar-refractivity contribution in [2.24, 2.45) is 0 Å². The molecule has 66 valence electrons. The molecule has 0 unspecified atom stereocenters. The molecule has 0 spiro atoms. The van der Waals surface area contributed by atoms with Crippen molar-refractivity contribution < 1.29 is 0 Å². The fraction of sp³-hybridized carbons (Fsp3) is 0.300. The van der Waals surface area contributed by atoms with E-state index in [1.807, 2.05) is 24.5 Å². The van der Waals surface area contributed by atoms with Crippen molar-refractivity contribution in [2.75, 3.05) is 5.73 Å². The summed E-state index contributed by atoms with van der Waals surface area (Å²) in [5.41, 5.74) is 8.83. The first-order chi connectivity index (χ1) is 6.34. The van der Waals surface area contributed by atoms with E-state index in [1.165, 1.54) is 18.5 Å². The van der Waals surface area contributed by atoms with Gasteiger partial charge in [0.15, 0.2) is 0 Å². The van der Waals surface area contributed by atoms with Crippen LogP contribution in [0.25, 0.3) is 5.65 Å². The van der Waals surface area contributed by atoms with E-state index in [9.17, 15) is 0 Å². The molecule has 0 saturated heterocycles. The minimum Gasteiger partial charge on any atom is -0.398 e. The van der Waals surface area contributed by atoms with Gasteiger partial charge in [0.2, 0.25) is 0 Å². The predicted octanol–water partition coefficient (Wildman–Crippen LogP) is 1.79. The second kappa shape index (κ2) is 2.25. The lowest BCUT2D eigenvalue weighted by atomic mass is 10.3. The number of aromatic nitrogens is 2.